The predicted octanol–water partition coefficient (Wildman–Crippen LogP) is 1.78. The summed E-state index contributed by atoms with van der Waals surface area (Å²) in [6.07, 6.45) is 1.39. The van der Waals surface area contributed by atoms with E-state index in [0.717, 1.165) is 0 Å². The van der Waals surface area contributed by atoms with Crippen LogP contribution in [-0.4, -0.2) is 25.4 Å². The Hall–Kier alpha value is -1.11. The maximum atomic E-state index is 10.4. The van der Waals surface area contributed by atoms with Crippen molar-refractivity contribution in [2.45, 2.75) is 27.3 Å². The molecule has 0 aliphatic heterocycles. The Bertz CT molecular complexity index is 372. The van der Waals surface area contributed by atoms with Crippen molar-refractivity contribution >= 4 is 18.6 Å². The predicted molar refractivity (Wildman–Crippen MR) is 63.5 cm³/mol. The van der Waals surface area contributed by atoms with Crippen molar-refractivity contribution < 1.29 is 4.92 Å². The van der Waals surface area contributed by atoms with Crippen molar-refractivity contribution in [2.75, 3.05) is 5.75 Å². The number of nitro groups is 1. The molecule has 0 amide bonds. The molecule has 0 saturated heterocycles. The van der Waals surface area contributed by atoms with Crippen molar-refractivity contribution in [3.05, 3.63) is 16.4 Å². The third-order valence-corrected chi connectivity index (χ3v) is 2.98. The smallest absolute Gasteiger partial charge is 0.390 e. The number of hydrogen-bond donors (Lipinski definition) is 1. The van der Waals surface area contributed by atoms with E-state index in [1.165, 1.54) is 11.0 Å². The fraction of sp³-hybridized carbons (Fsp3) is 0.778. The van der Waals surface area contributed by atoms with E-state index in [0.29, 0.717) is 12.3 Å². The zero-order valence-electron chi connectivity index (χ0n) is 9.62. The highest BCUT2D eigenvalue weighted by atomic mass is 32.1. The summed E-state index contributed by atoms with van der Waals surface area (Å²) in [6, 6.07) is 0. The van der Waals surface area contributed by atoms with Crippen molar-refractivity contribution in [3.8, 4) is 0 Å². The molecule has 16 heavy (non-hydrogen) atoms. The highest BCUT2D eigenvalue weighted by Gasteiger charge is 2.25. The van der Waals surface area contributed by atoms with Gasteiger partial charge in [0.2, 0.25) is 6.33 Å². The van der Waals surface area contributed by atoms with Crippen LogP contribution in [0.4, 0.5) is 5.95 Å². The van der Waals surface area contributed by atoms with Gasteiger partial charge in [-0.25, -0.2) is 0 Å². The van der Waals surface area contributed by atoms with E-state index >= 15 is 0 Å². The molecule has 0 aliphatic carbocycles. The standard InChI is InChI=1S/C9H16N4O2S/c1-9(2,3)7(5-16)4-12-6-10-8(11-12)13(14)15/h6-7,16H,4-5H2,1-3H3. The molecule has 6 nitrogen and oxygen atoms in total. The molecule has 1 aromatic rings. The van der Waals surface area contributed by atoms with Crippen molar-refractivity contribution in [1.82, 2.24) is 14.8 Å². The summed E-state index contributed by atoms with van der Waals surface area (Å²) in [6.45, 7) is 6.92. The molecule has 0 bridgehead atoms. The minimum Gasteiger partial charge on any atom is -0.390 e. The molecule has 1 rings (SSSR count). The van der Waals surface area contributed by atoms with Gasteiger partial charge in [-0.15, -0.1) is 0 Å². The van der Waals surface area contributed by atoms with Crippen LogP contribution in [0.3, 0.4) is 0 Å². The molecule has 1 unspecified atom stereocenters. The minimum atomic E-state index is -0.594. The molecule has 0 radical (unpaired) electrons. The van der Waals surface area contributed by atoms with Gasteiger partial charge >= 0.3 is 5.95 Å². The van der Waals surface area contributed by atoms with Crippen molar-refractivity contribution in [3.63, 3.8) is 0 Å². The molecule has 7 heteroatoms. The summed E-state index contributed by atoms with van der Waals surface area (Å²) < 4.78 is 1.50. The van der Waals surface area contributed by atoms with Gasteiger partial charge in [-0.2, -0.15) is 17.3 Å². The van der Waals surface area contributed by atoms with E-state index < -0.39 is 4.92 Å². The van der Waals surface area contributed by atoms with E-state index in [9.17, 15) is 10.1 Å². The van der Waals surface area contributed by atoms with Gasteiger partial charge in [0.05, 0.1) is 6.54 Å². The number of thiol groups is 1. The first kappa shape index (κ1) is 13.0. The molecule has 0 saturated carbocycles. The second-order valence-corrected chi connectivity index (χ2v) is 5.13. The van der Waals surface area contributed by atoms with Gasteiger partial charge in [0.1, 0.15) is 0 Å². The molecule has 1 heterocycles. The second-order valence-electron chi connectivity index (χ2n) is 4.77. The highest BCUT2D eigenvalue weighted by molar-refractivity contribution is 7.80. The Morgan fingerprint density at radius 3 is 2.62 bits per heavy atom. The summed E-state index contributed by atoms with van der Waals surface area (Å²) in [4.78, 5) is 13.4. The number of nitrogens with zero attached hydrogens (tertiary/aromatic N) is 4. The average Bonchev–Trinajstić information content (AvgIpc) is 2.60. The topological polar surface area (TPSA) is 73.8 Å². The number of hydrogen-bond acceptors (Lipinski definition) is 5. The highest BCUT2D eigenvalue weighted by Crippen LogP contribution is 2.28. The zero-order chi connectivity index (χ0) is 12.3. The maximum Gasteiger partial charge on any atom is 0.490 e. The first-order valence-electron chi connectivity index (χ1n) is 4.99. The molecule has 0 N–H and O–H groups in total. The Labute approximate surface area is 99.6 Å². The molecule has 0 aliphatic rings. The van der Waals surface area contributed by atoms with Crippen LogP contribution < -0.4 is 0 Å². The SMILES string of the molecule is CC(C)(C)C(CS)Cn1cnc([N+](=O)[O-])n1. The van der Waals surface area contributed by atoms with Gasteiger partial charge < -0.3 is 10.1 Å². The van der Waals surface area contributed by atoms with Gasteiger partial charge in [0.15, 0.2) is 0 Å². The molecule has 1 atom stereocenters. The van der Waals surface area contributed by atoms with Crippen LogP contribution in [0.5, 0.6) is 0 Å². The van der Waals surface area contributed by atoms with Gasteiger partial charge in [-0.3, -0.25) is 0 Å². The second kappa shape index (κ2) is 4.82. The fourth-order valence-corrected chi connectivity index (χ4v) is 1.95. The molecule has 90 valence electrons. The summed E-state index contributed by atoms with van der Waals surface area (Å²) in [5.41, 5.74) is 0.0858. The van der Waals surface area contributed by atoms with Crippen LogP contribution in [0.1, 0.15) is 20.8 Å². The van der Waals surface area contributed by atoms with E-state index in [1.54, 1.807) is 0 Å². The van der Waals surface area contributed by atoms with Crippen LogP contribution in [0.15, 0.2) is 6.33 Å². The maximum absolute atomic E-state index is 10.4. The van der Waals surface area contributed by atoms with Crippen LogP contribution in [0, 0.1) is 21.4 Å². The molecular weight excluding hydrogens is 228 g/mol. The lowest BCUT2D eigenvalue weighted by atomic mass is 9.82. The third-order valence-electron chi connectivity index (χ3n) is 2.54. The van der Waals surface area contributed by atoms with Crippen molar-refractivity contribution in [1.29, 1.82) is 0 Å². The molecule has 1 aromatic heterocycles. The van der Waals surface area contributed by atoms with Gasteiger partial charge in [-0.05, 0) is 22.0 Å². The normalized spacial score (nSPS) is 13.8. The Morgan fingerprint density at radius 2 is 2.25 bits per heavy atom. The molecule has 0 aromatic carbocycles. The Morgan fingerprint density at radius 1 is 1.62 bits per heavy atom. The van der Waals surface area contributed by atoms with Crippen LogP contribution in [0.25, 0.3) is 0 Å². The monoisotopic (exact) mass is 244 g/mol. The van der Waals surface area contributed by atoms with Gasteiger partial charge in [-0.1, -0.05) is 25.8 Å². The Balaban J connectivity index is 2.75. The molecule has 0 spiro atoms. The van der Waals surface area contributed by atoms with E-state index in [2.05, 4.69) is 43.5 Å². The summed E-state index contributed by atoms with van der Waals surface area (Å²) in [5, 5.41) is 14.2. The van der Waals surface area contributed by atoms with Crippen molar-refractivity contribution in [2.24, 2.45) is 11.3 Å². The fourth-order valence-electron chi connectivity index (χ4n) is 1.29. The third kappa shape index (κ3) is 3.19. The zero-order valence-corrected chi connectivity index (χ0v) is 10.5. The summed E-state index contributed by atoms with van der Waals surface area (Å²) >= 11 is 4.29. The van der Waals surface area contributed by atoms with Gasteiger partial charge in [0, 0.05) is 5.10 Å². The first-order valence-corrected chi connectivity index (χ1v) is 5.62. The Kier molecular flexibility index (Phi) is 3.90. The first-order chi connectivity index (χ1) is 7.34. The molecule has 0 fully saturated rings. The minimum absolute atomic E-state index is 0.0858. The number of rotatable bonds is 4. The van der Waals surface area contributed by atoms with Gasteiger partial charge in [0.25, 0.3) is 0 Å². The van der Waals surface area contributed by atoms with E-state index in [4.69, 9.17) is 0 Å². The lowest BCUT2D eigenvalue weighted by Crippen LogP contribution is -2.27. The van der Waals surface area contributed by atoms with Crippen LogP contribution in [-0.2, 0) is 6.54 Å². The summed E-state index contributed by atoms with van der Waals surface area (Å²) in [5.74, 6) is 0.640. The lowest BCUT2D eigenvalue weighted by molar-refractivity contribution is -0.394. The van der Waals surface area contributed by atoms with Crippen LogP contribution in [0.2, 0.25) is 0 Å². The lowest BCUT2D eigenvalue weighted by Gasteiger charge is -2.28. The van der Waals surface area contributed by atoms with E-state index in [1.807, 2.05) is 0 Å². The average molecular weight is 244 g/mol. The molecular formula is C9H16N4O2S. The number of aromatic nitrogens is 3. The van der Waals surface area contributed by atoms with E-state index in [-0.39, 0.29) is 17.3 Å². The quantitative estimate of drug-likeness (QED) is 0.497. The van der Waals surface area contributed by atoms with Crippen LogP contribution >= 0.6 is 12.6 Å². The largest absolute Gasteiger partial charge is 0.490 e. The summed E-state index contributed by atoms with van der Waals surface area (Å²) in [7, 11) is 0.